The van der Waals surface area contributed by atoms with E-state index in [4.69, 9.17) is 5.11 Å². The molecule has 86 valence electrons. The van der Waals surface area contributed by atoms with E-state index >= 15 is 0 Å². The van der Waals surface area contributed by atoms with E-state index in [1.165, 1.54) is 12.8 Å². The first kappa shape index (κ1) is 13.9. The number of aliphatic hydroxyl groups is 1. The van der Waals surface area contributed by atoms with Crippen LogP contribution in [0.15, 0.2) is 0 Å². The monoisotopic (exact) mass is 201 g/mol. The number of hydrogen-bond acceptors (Lipinski definition) is 2. The van der Waals surface area contributed by atoms with Gasteiger partial charge < -0.3 is 10.4 Å². The summed E-state index contributed by atoms with van der Waals surface area (Å²) >= 11 is 0. The van der Waals surface area contributed by atoms with E-state index in [2.05, 4.69) is 33.0 Å². The van der Waals surface area contributed by atoms with Gasteiger partial charge in [0.05, 0.1) is 0 Å². The van der Waals surface area contributed by atoms with Gasteiger partial charge in [-0.25, -0.2) is 0 Å². The molecule has 0 aromatic carbocycles. The molecule has 0 saturated heterocycles. The Morgan fingerprint density at radius 1 is 0.929 bits per heavy atom. The number of rotatable bonds is 8. The Hall–Kier alpha value is -0.0800. The molecular weight excluding hydrogens is 174 g/mol. The molecule has 0 radical (unpaired) electrons. The lowest BCUT2D eigenvalue weighted by atomic mass is 10.0. The van der Waals surface area contributed by atoms with Gasteiger partial charge >= 0.3 is 0 Å². The standard InChI is InChI=1S/C12H27NO/c1-10(2)7-8-12(4)13-11(3)6-5-9-14/h10-14H,5-9H2,1-4H3/t11-,12-/m1/s1. The Kier molecular flexibility index (Phi) is 8.20. The van der Waals surface area contributed by atoms with Gasteiger partial charge in [-0.1, -0.05) is 13.8 Å². The Labute approximate surface area is 89.1 Å². The number of hydrogen-bond donors (Lipinski definition) is 2. The van der Waals surface area contributed by atoms with Gasteiger partial charge in [0.15, 0.2) is 0 Å². The fourth-order valence-corrected chi connectivity index (χ4v) is 1.63. The van der Waals surface area contributed by atoms with Crippen LogP contribution < -0.4 is 5.32 Å². The van der Waals surface area contributed by atoms with Crippen LogP contribution in [0.3, 0.4) is 0 Å². The second-order valence-corrected chi connectivity index (χ2v) is 4.81. The van der Waals surface area contributed by atoms with Gasteiger partial charge in [0, 0.05) is 18.7 Å². The Balaban J connectivity index is 3.44. The van der Waals surface area contributed by atoms with Crippen molar-refractivity contribution in [3.63, 3.8) is 0 Å². The van der Waals surface area contributed by atoms with E-state index in [1.54, 1.807) is 0 Å². The van der Waals surface area contributed by atoms with Gasteiger partial charge in [0.1, 0.15) is 0 Å². The summed E-state index contributed by atoms with van der Waals surface area (Å²) < 4.78 is 0. The van der Waals surface area contributed by atoms with Crippen molar-refractivity contribution in [2.24, 2.45) is 5.92 Å². The van der Waals surface area contributed by atoms with Crippen molar-refractivity contribution in [3.8, 4) is 0 Å². The van der Waals surface area contributed by atoms with Crippen LogP contribution in [0.1, 0.15) is 53.4 Å². The first-order valence-corrected chi connectivity index (χ1v) is 5.93. The zero-order valence-corrected chi connectivity index (χ0v) is 10.2. The predicted molar refractivity (Wildman–Crippen MR) is 62.5 cm³/mol. The van der Waals surface area contributed by atoms with Crippen LogP contribution in [-0.2, 0) is 0 Å². The average Bonchev–Trinajstić information content (AvgIpc) is 2.11. The number of nitrogens with one attached hydrogen (secondary N) is 1. The minimum Gasteiger partial charge on any atom is -0.396 e. The summed E-state index contributed by atoms with van der Waals surface area (Å²) in [7, 11) is 0. The van der Waals surface area contributed by atoms with Crippen LogP contribution in [0.4, 0.5) is 0 Å². The summed E-state index contributed by atoms with van der Waals surface area (Å²) in [6.45, 7) is 9.29. The van der Waals surface area contributed by atoms with Crippen molar-refractivity contribution < 1.29 is 5.11 Å². The lowest BCUT2D eigenvalue weighted by Gasteiger charge is -2.20. The second-order valence-electron chi connectivity index (χ2n) is 4.81. The highest BCUT2D eigenvalue weighted by Crippen LogP contribution is 2.07. The first-order valence-electron chi connectivity index (χ1n) is 5.93. The van der Waals surface area contributed by atoms with Crippen LogP contribution in [0, 0.1) is 5.92 Å². The topological polar surface area (TPSA) is 32.3 Å². The van der Waals surface area contributed by atoms with Crippen molar-refractivity contribution in [1.29, 1.82) is 0 Å². The Morgan fingerprint density at radius 2 is 1.50 bits per heavy atom. The zero-order valence-electron chi connectivity index (χ0n) is 10.2. The third-order valence-corrected chi connectivity index (χ3v) is 2.54. The third-order valence-electron chi connectivity index (χ3n) is 2.54. The van der Waals surface area contributed by atoms with Crippen LogP contribution in [0.2, 0.25) is 0 Å². The highest BCUT2D eigenvalue weighted by atomic mass is 16.2. The van der Waals surface area contributed by atoms with E-state index in [0.717, 1.165) is 18.8 Å². The molecule has 2 N–H and O–H groups in total. The molecule has 0 aliphatic heterocycles. The summed E-state index contributed by atoms with van der Waals surface area (Å²) in [4.78, 5) is 0. The molecule has 14 heavy (non-hydrogen) atoms. The lowest BCUT2D eigenvalue weighted by Crippen LogP contribution is -2.34. The molecule has 0 bridgehead atoms. The maximum Gasteiger partial charge on any atom is 0.0431 e. The molecule has 0 unspecified atom stereocenters. The summed E-state index contributed by atoms with van der Waals surface area (Å²) in [5, 5.41) is 12.3. The molecule has 2 nitrogen and oxygen atoms in total. The highest BCUT2D eigenvalue weighted by Gasteiger charge is 2.07. The molecule has 0 aliphatic carbocycles. The molecule has 0 aromatic heterocycles. The van der Waals surface area contributed by atoms with Crippen LogP contribution >= 0.6 is 0 Å². The van der Waals surface area contributed by atoms with Gasteiger partial charge in [-0.3, -0.25) is 0 Å². The van der Waals surface area contributed by atoms with Crippen molar-refractivity contribution in [3.05, 3.63) is 0 Å². The minimum atomic E-state index is 0.312. The Bertz CT molecular complexity index is 125. The van der Waals surface area contributed by atoms with Gasteiger partial charge in [0.25, 0.3) is 0 Å². The first-order chi connectivity index (χ1) is 6.56. The van der Waals surface area contributed by atoms with Gasteiger partial charge in [-0.15, -0.1) is 0 Å². The summed E-state index contributed by atoms with van der Waals surface area (Å²) in [5.74, 6) is 0.798. The normalized spacial score (nSPS) is 15.9. The third kappa shape index (κ3) is 8.52. The van der Waals surface area contributed by atoms with E-state index in [9.17, 15) is 0 Å². The second kappa shape index (κ2) is 8.25. The molecule has 2 heteroatoms. The molecule has 0 spiro atoms. The van der Waals surface area contributed by atoms with Gasteiger partial charge in [0.2, 0.25) is 0 Å². The summed E-state index contributed by atoms with van der Waals surface area (Å²) in [6, 6.07) is 1.13. The largest absolute Gasteiger partial charge is 0.396 e. The smallest absolute Gasteiger partial charge is 0.0431 e. The molecular formula is C12H27NO. The molecule has 0 aliphatic rings. The molecule has 0 fully saturated rings. The summed E-state index contributed by atoms with van der Waals surface area (Å²) in [5.41, 5.74) is 0. The quantitative estimate of drug-likeness (QED) is 0.632. The Morgan fingerprint density at radius 3 is 2.00 bits per heavy atom. The zero-order chi connectivity index (χ0) is 11.0. The average molecular weight is 201 g/mol. The molecule has 0 amide bonds. The van der Waals surface area contributed by atoms with Gasteiger partial charge in [-0.2, -0.15) is 0 Å². The molecule has 0 rings (SSSR count). The van der Waals surface area contributed by atoms with Crippen molar-refractivity contribution in [1.82, 2.24) is 5.32 Å². The van der Waals surface area contributed by atoms with Gasteiger partial charge in [-0.05, 0) is 45.4 Å². The molecule has 0 saturated carbocycles. The van der Waals surface area contributed by atoms with Crippen molar-refractivity contribution in [2.75, 3.05) is 6.61 Å². The maximum absolute atomic E-state index is 8.70. The molecule has 0 aromatic rings. The van der Waals surface area contributed by atoms with E-state index in [0.29, 0.717) is 18.7 Å². The van der Waals surface area contributed by atoms with Crippen LogP contribution in [0.5, 0.6) is 0 Å². The molecule has 2 atom stereocenters. The fourth-order valence-electron chi connectivity index (χ4n) is 1.63. The van der Waals surface area contributed by atoms with Crippen LogP contribution in [0.25, 0.3) is 0 Å². The molecule has 0 heterocycles. The lowest BCUT2D eigenvalue weighted by molar-refractivity contribution is 0.273. The van der Waals surface area contributed by atoms with Crippen LogP contribution in [-0.4, -0.2) is 23.8 Å². The van der Waals surface area contributed by atoms with E-state index < -0.39 is 0 Å². The summed E-state index contributed by atoms with van der Waals surface area (Å²) in [6.07, 6.45) is 4.52. The highest BCUT2D eigenvalue weighted by molar-refractivity contribution is 4.68. The maximum atomic E-state index is 8.70. The van der Waals surface area contributed by atoms with Crippen molar-refractivity contribution >= 4 is 0 Å². The van der Waals surface area contributed by atoms with Crippen molar-refractivity contribution in [2.45, 2.75) is 65.5 Å². The fraction of sp³-hybridized carbons (Fsp3) is 1.00. The SMILES string of the molecule is CC(C)CC[C@@H](C)N[C@H](C)CCCO. The van der Waals surface area contributed by atoms with E-state index in [-0.39, 0.29) is 0 Å². The van der Waals surface area contributed by atoms with E-state index in [1.807, 2.05) is 0 Å². The minimum absolute atomic E-state index is 0.312. The number of aliphatic hydroxyl groups excluding tert-OH is 1. The predicted octanol–water partition coefficient (Wildman–Crippen LogP) is 2.56.